The fraction of sp³-hybridized carbons (Fsp3) is 0. The third-order valence-electron chi connectivity index (χ3n) is 12.2. The summed E-state index contributed by atoms with van der Waals surface area (Å²) >= 11 is 0. The van der Waals surface area contributed by atoms with E-state index in [4.69, 9.17) is 9.97 Å². The second-order valence-electron chi connectivity index (χ2n) is 16.0. The number of nitrogens with zero attached hydrogens (tertiary/aromatic N) is 4. The molecule has 9 aromatic carbocycles. The zero-order chi connectivity index (χ0) is 42.4. The number of fused-ring (bicyclic) bond motifs is 6. The number of hydrogen-bond acceptors (Lipinski definition) is 2. The van der Waals surface area contributed by atoms with Crippen LogP contribution in [0.15, 0.2) is 231 Å². The molecule has 0 saturated heterocycles. The molecule has 298 valence electrons. The van der Waals surface area contributed by atoms with E-state index in [0.717, 1.165) is 88.9 Å². The Bertz CT molecular complexity index is 3690. The largest absolute Gasteiger partial charge is 0.309 e. The molecule has 0 N–H and O–H groups in total. The normalized spacial score (nSPS) is 11.3. The fourth-order valence-corrected chi connectivity index (χ4v) is 9.30. The van der Waals surface area contributed by atoms with Gasteiger partial charge in [-0.25, -0.2) is 9.97 Å². The molecular weight excluding hydrogens is 777 g/mol. The van der Waals surface area contributed by atoms with Gasteiger partial charge in [-0.05, 0) is 65.7 Å². The average molecular weight is 815 g/mol. The molecule has 3 heterocycles. The highest BCUT2D eigenvalue weighted by atomic mass is 15.2. The molecule has 0 radical (unpaired) electrons. The van der Waals surface area contributed by atoms with Crippen molar-refractivity contribution in [3.63, 3.8) is 0 Å². The summed E-state index contributed by atoms with van der Waals surface area (Å²) in [5.41, 5.74) is 15.4. The minimum absolute atomic E-state index is 0.603. The topological polar surface area (TPSA) is 35.6 Å². The van der Waals surface area contributed by atoms with Crippen LogP contribution in [0.5, 0.6) is 0 Å². The van der Waals surface area contributed by atoms with Crippen LogP contribution in [0.3, 0.4) is 0 Å². The van der Waals surface area contributed by atoms with Crippen LogP contribution in [-0.2, 0) is 0 Å². The highest BCUT2D eigenvalue weighted by Gasteiger charge is 2.24. The Morgan fingerprint density at radius 3 is 1.47 bits per heavy atom. The van der Waals surface area contributed by atoms with Gasteiger partial charge in [0.2, 0.25) is 5.95 Å². The van der Waals surface area contributed by atoms with Crippen molar-refractivity contribution >= 4 is 43.6 Å². The zero-order valence-corrected chi connectivity index (χ0v) is 34.7. The Labute approximate surface area is 371 Å². The first kappa shape index (κ1) is 37.0. The molecule has 4 heteroatoms. The minimum Gasteiger partial charge on any atom is -0.309 e. The first-order valence-corrected chi connectivity index (χ1v) is 21.6. The van der Waals surface area contributed by atoms with Crippen LogP contribution in [-0.4, -0.2) is 19.1 Å². The fourth-order valence-electron chi connectivity index (χ4n) is 9.30. The van der Waals surface area contributed by atoms with E-state index < -0.39 is 0 Å². The standard InChI is InChI=1S/C60H38N4/c1-6-20-42(21-7-1)50-39-57-59(49-31-17-19-33-55(49)64(57)60-61-52(43-22-8-2-9-23-43)40-53(62-60)44-24-10-3-11-25-44)58(45-26-12-4-13-27-45)48(50)36-34-41-35-37-56-51(38-41)47-30-16-18-32-54(47)63(56)46-28-14-5-15-29-46/h1-33,35,37-40H. The maximum atomic E-state index is 5.36. The van der Waals surface area contributed by atoms with E-state index in [2.05, 4.69) is 239 Å². The highest BCUT2D eigenvalue weighted by molar-refractivity contribution is 6.18. The predicted octanol–water partition coefficient (Wildman–Crippen LogP) is 14.7. The van der Waals surface area contributed by atoms with Crippen molar-refractivity contribution in [1.29, 1.82) is 0 Å². The van der Waals surface area contributed by atoms with E-state index >= 15 is 0 Å². The van der Waals surface area contributed by atoms with Gasteiger partial charge >= 0.3 is 0 Å². The van der Waals surface area contributed by atoms with Gasteiger partial charge in [-0.15, -0.1) is 0 Å². The first-order valence-electron chi connectivity index (χ1n) is 21.6. The van der Waals surface area contributed by atoms with Crippen molar-refractivity contribution in [1.82, 2.24) is 19.1 Å². The number of benzene rings is 9. The lowest BCUT2D eigenvalue weighted by molar-refractivity contribution is 0.996. The van der Waals surface area contributed by atoms with Crippen LogP contribution in [0.2, 0.25) is 0 Å². The third-order valence-corrected chi connectivity index (χ3v) is 12.2. The summed E-state index contributed by atoms with van der Waals surface area (Å²) in [6.07, 6.45) is 0. The quantitative estimate of drug-likeness (QED) is 0.157. The molecule has 3 aromatic heterocycles. The molecule has 0 aliphatic rings. The second kappa shape index (κ2) is 15.6. The van der Waals surface area contributed by atoms with E-state index in [1.165, 1.54) is 16.3 Å². The zero-order valence-electron chi connectivity index (χ0n) is 34.7. The van der Waals surface area contributed by atoms with Crippen LogP contribution in [0.1, 0.15) is 11.1 Å². The van der Waals surface area contributed by atoms with Crippen molar-refractivity contribution in [2.75, 3.05) is 0 Å². The Hall–Kier alpha value is -8.78. The first-order chi connectivity index (χ1) is 31.8. The Kier molecular flexibility index (Phi) is 9.02. The van der Waals surface area contributed by atoms with Crippen molar-refractivity contribution < 1.29 is 0 Å². The average Bonchev–Trinajstić information content (AvgIpc) is 3.89. The summed E-state index contributed by atoms with van der Waals surface area (Å²) in [5, 5.41) is 4.57. The summed E-state index contributed by atoms with van der Waals surface area (Å²) in [6, 6.07) is 80.9. The van der Waals surface area contributed by atoms with Gasteiger partial charge in [0.15, 0.2) is 0 Å². The summed E-state index contributed by atoms with van der Waals surface area (Å²) in [6.45, 7) is 0. The van der Waals surface area contributed by atoms with Crippen LogP contribution in [0, 0.1) is 11.8 Å². The molecule has 12 rings (SSSR count). The number of hydrogen-bond donors (Lipinski definition) is 0. The van der Waals surface area contributed by atoms with E-state index in [0.29, 0.717) is 5.95 Å². The molecule has 64 heavy (non-hydrogen) atoms. The smallest absolute Gasteiger partial charge is 0.235 e. The van der Waals surface area contributed by atoms with Crippen molar-refractivity contribution in [2.24, 2.45) is 0 Å². The maximum absolute atomic E-state index is 5.36. The summed E-state index contributed by atoms with van der Waals surface area (Å²) in [7, 11) is 0. The Morgan fingerprint density at radius 2 is 0.844 bits per heavy atom. The molecule has 0 aliphatic heterocycles. The predicted molar refractivity (Wildman–Crippen MR) is 265 cm³/mol. The van der Waals surface area contributed by atoms with Gasteiger partial charge in [0.05, 0.1) is 33.5 Å². The molecule has 0 bridgehead atoms. The molecular formula is C60H38N4. The van der Waals surface area contributed by atoms with Crippen molar-refractivity contribution in [3.8, 4) is 68.2 Å². The van der Waals surface area contributed by atoms with Gasteiger partial charge in [0, 0.05) is 60.6 Å². The van der Waals surface area contributed by atoms with Gasteiger partial charge < -0.3 is 4.57 Å². The van der Waals surface area contributed by atoms with E-state index in [1.54, 1.807) is 0 Å². The molecule has 0 saturated carbocycles. The van der Waals surface area contributed by atoms with E-state index in [1.807, 2.05) is 12.1 Å². The van der Waals surface area contributed by atoms with Gasteiger partial charge in [-0.1, -0.05) is 188 Å². The molecule has 0 unspecified atom stereocenters. The van der Waals surface area contributed by atoms with Crippen LogP contribution < -0.4 is 0 Å². The van der Waals surface area contributed by atoms with Crippen molar-refractivity contribution in [3.05, 3.63) is 242 Å². The van der Waals surface area contributed by atoms with Crippen LogP contribution in [0.4, 0.5) is 0 Å². The molecule has 4 nitrogen and oxygen atoms in total. The molecule has 12 aromatic rings. The summed E-state index contributed by atoms with van der Waals surface area (Å²) in [5.74, 6) is 8.12. The summed E-state index contributed by atoms with van der Waals surface area (Å²) < 4.78 is 4.59. The summed E-state index contributed by atoms with van der Waals surface area (Å²) in [4.78, 5) is 10.7. The number of para-hydroxylation sites is 3. The minimum atomic E-state index is 0.603. The number of aromatic nitrogens is 4. The second-order valence-corrected chi connectivity index (χ2v) is 16.0. The number of rotatable bonds is 6. The highest BCUT2D eigenvalue weighted by Crippen LogP contribution is 2.44. The van der Waals surface area contributed by atoms with E-state index in [9.17, 15) is 0 Å². The monoisotopic (exact) mass is 814 g/mol. The van der Waals surface area contributed by atoms with Crippen LogP contribution in [0.25, 0.3) is 100 Å². The lowest BCUT2D eigenvalue weighted by atomic mass is 9.88. The maximum Gasteiger partial charge on any atom is 0.235 e. The molecule has 0 spiro atoms. The molecule has 0 amide bonds. The Balaban J connectivity index is 1.15. The van der Waals surface area contributed by atoms with Gasteiger partial charge in [-0.2, -0.15) is 0 Å². The van der Waals surface area contributed by atoms with Gasteiger partial charge in [0.1, 0.15) is 0 Å². The van der Waals surface area contributed by atoms with Gasteiger partial charge in [-0.3, -0.25) is 4.57 Å². The van der Waals surface area contributed by atoms with Gasteiger partial charge in [0.25, 0.3) is 0 Å². The SMILES string of the molecule is C(#Cc1c(-c2ccccc2)cc2c(c1-c1ccccc1)c1ccccc1n2-c1nc(-c2ccccc2)cc(-c2ccccc2)n1)c1ccc2c(c1)c1ccccc1n2-c1ccccc1. The molecule has 0 fully saturated rings. The lowest BCUT2D eigenvalue weighted by Gasteiger charge is -2.16. The van der Waals surface area contributed by atoms with E-state index in [-0.39, 0.29) is 0 Å². The molecule has 0 aliphatic carbocycles. The third kappa shape index (κ3) is 6.35. The lowest BCUT2D eigenvalue weighted by Crippen LogP contribution is -2.04. The molecule has 0 atom stereocenters. The Morgan fingerprint density at radius 1 is 0.344 bits per heavy atom. The van der Waals surface area contributed by atoms with Crippen LogP contribution >= 0.6 is 0 Å². The van der Waals surface area contributed by atoms with Crippen molar-refractivity contribution in [2.45, 2.75) is 0 Å².